The number of hydrogen-bond acceptors (Lipinski definition) is 3. The minimum Gasteiger partial charge on any atom is -0.341 e. The predicted molar refractivity (Wildman–Crippen MR) is 113 cm³/mol. The third-order valence-electron chi connectivity index (χ3n) is 4.75. The number of benzene rings is 1. The molecule has 1 aromatic carbocycles. The van der Waals surface area contributed by atoms with E-state index in [1.165, 1.54) is 25.7 Å². The van der Waals surface area contributed by atoms with Gasteiger partial charge in [-0.15, -0.1) is 0 Å². The van der Waals surface area contributed by atoms with Gasteiger partial charge >= 0.3 is 6.03 Å². The van der Waals surface area contributed by atoms with Crippen LogP contribution in [-0.4, -0.2) is 29.4 Å². The average Bonchev–Trinajstić information content (AvgIpc) is 2.73. The van der Waals surface area contributed by atoms with Crippen molar-refractivity contribution in [2.24, 2.45) is 0 Å². The van der Waals surface area contributed by atoms with Crippen molar-refractivity contribution in [2.75, 3.05) is 13.6 Å². The Bertz CT molecular complexity index is 759. The van der Waals surface area contributed by atoms with E-state index >= 15 is 0 Å². The maximum atomic E-state index is 12.0. The molecule has 6 heteroatoms. The van der Waals surface area contributed by atoms with Crippen molar-refractivity contribution in [3.8, 4) is 11.3 Å². The van der Waals surface area contributed by atoms with Crippen molar-refractivity contribution in [1.29, 1.82) is 0 Å². The number of urea groups is 1. The van der Waals surface area contributed by atoms with Gasteiger partial charge in [0.1, 0.15) is 0 Å². The number of aromatic nitrogens is 2. The third kappa shape index (κ3) is 7.94. The van der Waals surface area contributed by atoms with E-state index in [0.29, 0.717) is 6.54 Å². The van der Waals surface area contributed by atoms with Crippen LogP contribution in [0.15, 0.2) is 47.3 Å². The molecule has 0 radical (unpaired) electrons. The largest absolute Gasteiger partial charge is 0.341 e. The van der Waals surface area contributed by atoms with Crippen LogP contribution in [0.3, 0.4) is 0 Å². The second-order valence-electron chi connectivity index (χ2n) is 6.98. The second-order valence-corrected chi connectivity index (χ2v) is 6.98. The van der Waals surface area contributed by atoms with Gasteiger partial charge in [0.05, 0.1) is 5.69 Å². The lowest BCUT2D eigenvalue weighted by Crippen LogP contribution is -2.33. The zero-order valence-corrected chi connectivity index (χ0v) is 16.8. The number of carbonyl (C=O) groups is 1. The van der Waals surface area contributed by atoms with Gasteiger partial charge in [0, 0.05) is 31.8 Å². The Labute approximate surface area is 167 Å². The van der Waals surface area contributed by atoms with Crippen LogP contribution in [0.4, 0.5) is 4.79 Å². The van der Waals surface area contributed by atoms with Crippen molar-refractivity contribution in [3.63, 3.8) is 0 Å². The highest BCUT2D eigenvalue weighted by molar-refractivity contribution is 5.73. The number of hydrogen-bond donors (Lipinski definition) is 2. The summed E-state index contributed by atoms with van der Waals surface area (Å²) in [6, 6.07) is 13.2. The molecule has 0 saturated carbocycles. The summed E-state index contributed by atoms with van der Waals surface area (Å²) in [4.78, 5) is 23.0. The molecular weight excluding hydrogens is 352 g/mol. The molecule has 2 aromatic rings. The first-order valence-corrected chi connectivity index (χ1v) is 10.3. The van der Waals surface area contributed by atoms with Gasteiger partial charge in [-0.25, -0.2) is 9.48 Å². The summed E-state index contributed by atoms with van der Waals surface area (Å²) < 4.78 is 1.59. The molecule has 0 aliphatic heterocycles. The molecule has 1 heterocycles. The first-order valence-electron chi connectivity index (χ1n) is 10.3. The molecule has 0 aliphatic rings. The summed E-state index contributed by atoms with van der Waals surface area (Å²) in [6.07, 6.45) is 9.09. The normalized spacial score (nSPS) is 10.6. The number of unbranched alkanes of at least 4 members (excludes halogenated alkanes) is 7. The van der Waals surface area contributed by atoms with Gasteiger partial charge in [0.15, 0.2) is 0 Å². The van der Waals surface area contributed by atoms with Gasteiger partial charge in [-0.3, -0.25) is 4.79 Å². The lowest BCUT2D eigenvalue weighted by molar-refractivity contribution is 0.242. The Balaban J connectivity index is 1.57. The number of aryl methyl sites for hydroxylation is 1. The van der Waals surface area contributed by atoms with E-state index in [1.807, 2.05) is 30.3 Å². The molecule has 0 aliphatic carbocycles. The van der Waals surface area contributed by atoms with Crippen molar-refractivity contribution in [3.05, 3.63) is 52.8 Å². The summed E-state index contributed by atoms with van der Waals surface area (Å²) in [6.45, 7) is 1.41. The van der Waals surface area contributed by atoms with E-state index in [1.54, 1.807) is 23.9 Å². The highest BCUT2D eigenvalue weighted by Crippen LogP contribution is 2.14. The van der Waals surface area contributed by atoms with Gasteiger partial charge in [-0.2, -0.15) is 5.10 Å². The quantitative estimate of drug-likeness (QED) is 0.544. The smallest absolute Gasteiger partial charge is 0.314 e. The molecule has 152 valence electrons. The molecule has 6 nitrogen and oxygen atoms in total. The van der Waals surface area contributed by atoms with Gasteiger partial charge in [-0.05, 0) is 18.9 Å². The standard InChI is InChI=1S/C22H32N4O2/c1-23-22(28)24-17-11-6-4-2-3-5-7-12-18-26-21(27)16-15-20(25-26)19-13-9-8-10-14-19/h8-10,13-16H,2-7,11-12,17-18H2,1H3,(H2,23,24,28). The Hall–Kier alpha value is -2.63. The van der Waals surface area contributed by atoms with E-state index in [2.05, 4.69) is 15.7 Å². The summed E-state index contributed by atoms with van der Waals surface area (Å²) >= 11 is 0. The topological polar surface area (TPSA) is 76.0 Å². The van der Waals surface area contributed by atoms with Crippen molar-refractivity contribution in [1.82, 2.24) is 20.4 Å². The fourth-order valence-corrected chi connectivity index (χ4v) is 3.11. The molecule has 0 unspecified atom stereocenters. The number of amides is 2. The van der Waals surface area contributed by atoms with Crippen LogP contribution < -0.4 is 16.2 Å². The molecule has 1 aromatic heterocycles. The van der Waals surface area contributed by atoms with E-state index < -0.39 is 0 Å². The van der Waals surface area contributed by atoms with Crippen LogP contribution in [0, 0.1) is 0 Å². The van der Waals surface area contributed by atoms with Gasteiger partial charge < -0.3 is 10.6 Å². The Morgan fingerprint density at radius 1 is 0.893 bits per heavy atom. The molecule has 0 bridgehead atoms. The SMILES string of the molecule is CNC(=O)NCCCCCCCCCCn1nc(-c2ccccc2)ccc1=O. The van der Waals surface area contributed by atoms with E-state index in [4.69, 9.17) is 0 Å². The minimum absolute atomic E-state index is 0.0370. The van der Waals surface area contributed by atoms with Crippen LogP contribution in [0.2, 0.25) is 0 Å². The maximum Gasteiger partial charge on any atom is 0.314 e. The molecule has 2 amide bonds. The molecule has 0 saturated heterocycles. The predicted octanol–water partition coefficient (Wildman–Crippen LogP) is 3.96. The Kier molecular flexibility index (Phi) is 9.83. The van der Waals surface area contributed by atoms with E-state index in [0.717, 1.165) is 43.5 Å². The van der Waals surface area contributed by atoms with Crippen molar-refractivity contribution < 1.29 is 4.79 Å². The Morgan fingerprint density at radius 2 is 1.54 bits per heavy atom. The molecular formula is C22H32N4O2. The summed E-state index contributed by atoms with van der Waals surface area (Å²) in [5.74, 6) is 0. The van der Waals surface area contributed by atoms with Crippen molar-refractivity contribution >= 4 is 6.03 Å². The fraction of sp³-hybridized carbons (Fsp3) is 0.500. The van der Waals surface area contributed by atoms with Crippen LogP contribution in [0.1, 0.15) is 51.4 Å². The summed E-state index contributed by atoms with van der Waals surface area (Å²) in [5.41, 5.74) is 1.83. The van der Waals surface area contributed by atoms with Crippen LogP contribution in [0.5, 0.6) is 0 Å². The molecule has 0 spiro atoms. The maximum absolute atomic E-state index is 12.0. The molecule has 2 rings (SSSR count). The lowest BCUT2D eigenvalue weighted by atomic mass is 10.1. The lowest BCUT2D eigenvalue weighted by Gasteiger charge is -2.07. The molecule has 0 atom stereocenters. The number of nitrogens with zero attached hydrogens (tertiary/aromatic N) is 2. The van der Waals surface area contributed by atoms with Gasteiger partial charge in [-0.1, -0.05) is 68.9 Å². The van der Waals surface area contributed by atoms with Crippen LogP contribution in [0.25, 0.3) is 11.3 Å². The molecule has 28 heavy (non-hydrogen) atoms. The zero-order valence-electron chi connectivity index (χ0n) is 16.8. The third-order valence-corrected chi connectivity index (χ3v) is 4.75. The van der Waals surface area contributed by atoms with Gasteiger partial charge in [0.2, 0.25) is 0 Å². The first-order chi connectivity index (χ1) is 13.7. The second kappa shape index (κ2) is 12.7. The monoisotopic (exact) mass is 384 g/mol. The molecule has 2 N–H and O–H groups in total. The van der Waals surface area contributed by atoms with Crippen LogP contribution in [-0.2, 0) is 6.54 Å². The fourth-order valence-electron chi connectivity index (χ4n) is 3.11. The summed E-state index contributed by atoms with van der Waals surface area (Å²) in [5, 5.41) is 9.85. The van der Waals surface area contributed by atoms with Gasteiger partial charge in [0.25, 0.3) is 5.56 Å². The highest BCUT2D eigenvalue weighted by Gasteiger charge is 2.03. The number of carbonyl (C=O) groups excluding carboxylic acids is 1. The van der Waals surface area contributed by atoms with E-state index in [9.17, 15) is 9.59 Å². The highest BCUT2D eigenvalue weighted by atomic mass is 16.2. The number of nitrogens with one attached hydrogen (secondary N) is 2. The molecule has 0 fully saturated rings. The summed E-state index contributed by atoms with van der Waals surface area (Å²) in [7, 11) is 1.63. The first kappa shape index (κ1) is 21.7. The Morgan fingerprint density at radius 3 is 2.21 bits per heavy atom. The zero-order chi connectivity index (χ0) is 20.0. The van der Waals surface area contributed by atoms with E-state index in [-0.39, 0.29) is 11.6 Å². The van der Waals surface area contributed by atoms with Crippen molar-refractivity contribution in [2.45, 2.75) is 57.9 Å². The minimum atomic E-state index is -0.108. The number of rotatable bonds is 12. The average molecular weight is 385 g/mol. The van der Waals surface area contributed by atoms with Crippen LogP contribution >= 0.6 is 0 Å².